The fourth-order valence-electron chi connectivity index (χ4n) is 2.87. The number of nitrogens with one attached hydrogen (secondary N) is 2. The molecular formula is C19H16N2O4S. The SMILES string of the molecule is O=C1NCCOc2ccc(NS(=O)(=O)c3ccc4ccccc4c3)cc21. The van der Waals surface area contributed by atoms with E-state index < -0.39 is 10.0 Å². The van der Waals surface area contributed by atoms with Gasteiger partial charge < -0.3 is 10.1 Å². The Morgan fingerprint density at radius 3 is 2.62 bits per heavy atom. The van der Waals surface area contributed by atoms with E-state index in [1.165, 1.54) is 6.07 Å². The van der Waals surface area contributed by atoms with Crippen molar-refractivity contribution < 1.29 is 17.9 Å². The minimum absolute atomic E-state index is 0.159. The van der Waals surface area contributed by atoms with Crippen LogP contribution < -0.4 is 14.8 Å². The van der Waals surface area contributed by atoms with Crippen molar-refractivity contribution in [2.75, 3.05) is 17.9 Å². The Labute approximate surface area is 150 Å². The van der Waals surface area contributed by atoms with E-state index in [0.717, 1.165) is 10.8 Å². The molecule has 0 fully saturated rings. The molecule has 0 spiro atoms. The third-order valence-corrected chi connectivity index (χ3v) is 5.53. The van der Waals surface area contributed by atoms with E-state index >= 15 is 0 Å². The van der Waals surface area contributed by atoms with Gasteiger partial charge in [-0.2, -0.15) is 0 Å². The van der Waals surface area contributed by atoms with E-state index in [1.54, 1.807) is 30.3 Å². The van der Waals surface area contributed by atoms with E-state index in [0.29, 0.717) is 30.2 Å². The molecule has 26 heavy (non-hydrogen) atoms. The number of benzene rings is 3. The number of fused-ring (bicyclic) bond motifs is 2. The molecule has 0 unspecified atom stereocenters. The lowest BCUT2D eigenvalue weighted by Gasteiger charge is -2.11. The second-order valence-corrected chi connectivity index (χ2v) is 7.61. The van der Waals surface area contributed by atoms with Crippen LogP contribution in [0.3, 0.4) is 0 Å². The number of carbonyl (C=O) groups is 1. The molecule has 1 aliphatic heterocycles. The Hall–Kier alpha value is -3.06. The highest BCUT2D eigenvalue weighted by Crippen LogP contribution is 2.26. The summed E-state index contributed by atoms with van der Waals surface area (Å²) in [6.07, 6.45) is 0. The number of sulfonamides is 1. The van der Waals surface area contributed by atoms with Crippen molar-refractivity contribution >= 4 is 32.4 Å². The van der Waals surface area contributed by atoms with Crippen LogP contribution in [0, 0.1) is 0 Å². The maximum Gasteiger partial charge on any atom is 0.261 e. The lowest BCUT2D eigenvalue weighted by molar-refractivity contribution is 0.0957. The first-order valence-corrected chi connectivity index (χ1v) is 9.58. The van der Waals surface area contributed by atoms with Gasteiger partial charge >= 0.3 is 0 Å². The quantitative estimate of drug-likeness (QED) is 0.744. The number of hydrogen-bond donors (Lipinski definition) is 2. The number of carbonyl (C=O) groups excluding carboxylic acids is 1. The summed E-state index contributed by atoms with van der Waals surface area (Å²) in [7, 11) is -3.78. The van der Waals surface area contributed by atoms with Gasteiger partial charge in [-0.1, -0.05) is 30.3 Å². The highest BCUT2D eigenvalue weighted by Gasteiger charge is 2.19. The Morgan fingerprint density at radius 2 is 1.77 bits per heavy atom. The molecule has 0 atom stereocenters. The second-order valence-electron chi connectivity index (χ2n) is 5.93. The predicted octanol–water partition coefficient (Wildman–Crippen LogP) is 2.76. The van der Waals surface area contributed by atoms with Crippen LogP contribution in [0.25, 0.3) is 10.8 Å². The van der Waals surface area contributed by atoms with E-state index in [-0.39, 0.29) is 10.8 Å². The van der Waals surface area contributed by atoms with Gasteiger partial charge in [-0.3, -0.25) is 9.52 Å². The maximum atomic E-state index is 12.7. The van der Waals surface area contributed by atoms with Gasteiger partial charge in [-0.05, 0) is 41.1 Å². The van der Waals surface area contributed by atoms with E-state index in [1.807, 2.05) is 24.3 Å². The molecule has 0 radical (unpaired) electrons. The molecule has 3 aromatic carbocycles. The van der Waals surface area contributed by atoms with Gasteiger partial charge in [-0.25, -0.2) is 8.42 Å². The summed E-state index contributed by atoms with van der Waals surface area (Å²) in [5, 5.41) is 4.50. The van der Waals surface area contributed by atoms with Crippen LogP contribution in [-0.2, 0) is 10.0 Å². The van der Waals surface area contributed by atoms with Crippen molar-refractivity contribution in [1.29, 1.82) is 0 Å². The van der Waals surface area contributed by atoms with Crippen LogP contribution in [0.4, 0.5) is 5.69 Å². The minimum Gasteiger partial charge on any atom is -0.491 e. The molecule has 0 aliphatic carbocycles. The molecule has 1 amide bonds. The summed E-state index contributed by atoms with van der Waals surface area (Å²) in [5.41, 5.74) is 0.610. The largest absolute Gasteiger partial charge is 0.491 e. The molecule has 1 aliphatic rings. The highest BCUT2D eigenvalue weighted by molar-refractivity contribution is 7.92. The third kappa shape index (κ3) is 3.09. The Morgan fingerprint density at radius 1 is 0.962 bits per heavy atom. The summed E-state index contributed by atoms with van der Waals surface area (Å²) < 4.78 is 33.4. The summed E-state index contributed by atoms with van der Waals surface area (Å²) in [5.74, 6) is 0.151. The average Bonchev–Trinajstić information content (AvgIpc) is 2.82. The fraction of sp³-hybridized carbons (Fsp3) is 0.105. The van der Waals surface area contributed by atoms with Crippen LogP contribution in [-0.4, -0.2) is 27.5 Å². The molecule has 132 valence electrons. The summed E-state index contributed by atoms with van der Waals surface area (Å²) in [4.78, 5) is 12.2. The first kappa shape index (κ1) is 16.4. The second kappa shape index (κ2) is 6.34. The number of ether oxygens (including phenoxy) is 1. The average molecular weight is 368 g/mol. The Bertz CT molecular complexity index is 1110. The van der Waals surface area contributed by atoms with Crippen LogP contribution >= 0.6 is 0 Å². The smallest absolute Gasteiger partial charge is 0.261 e. The van der Waals surface area contributed by atoms with E-state index in [2.05, 4.69) is 10.0 Å². The van der Waals surface area contributed by atoms with Gasteiger partial charge in [0.25, 0.3) is 15.9 Å². The molecule has 0 bridgehead atoms. The van der Waals surface area contributed by atoms with Crippen molar-refractivity contribution in [1.82, 2.24) is 5.32 Å². The van der Waals surface area contributed by atoms with Gasteiger partial charge in [0, 0.05) is 5.69 Å². The van der Waals surface area contributed by atoms with E-state index in [9.17, 15) is 13.2 Å². The molecule has 3 aromatic rings. The molecule has 7 heteroatoms. The molecule has 6 nitrogen and oxygen atoms in total. The van der Waals surface area contributed by atoms with Crippen molar-refractivity contribution in [3.05, 3.63) is 66.2 Å². The van der Waals surface area contributed by atoms with Crippen LogP contribution in [0.15, 0.2) is 65.6 Å². The molecule has 0 saturated carbocycles. The van der Waals surface area contributed by atoms with Gasteiger partial charge in [0.05, 0.1) is 17.0 Å². The molecule has 0 aromatic heterocycles. The van der Waals surface area contributed by atoms with Gasteiger partial charge in [0.15, 0.2) is 0 Å². The van der Waals surface area contributed by atoms with Crippen molar-refractivity contribution in [2.45, 2.75) is 4.90 Å². The zero-order valence-corrected chi connectivity index (χ0v) is 14.5. The highest BCUT2D eigenvalue weighted by atomic mass is 32.2. The first-order chi connectivity index (χ1) is 12.5. The molecule has 4 rings (SSSR count). The Kier molecular flexibility index (Phi) is 4.00. The molecule has 0 saturated heterocycles. The van der Waals surface area contributed by atoms with Gasteiger partial charge in [-0.15, -0.1) is 0 Å². The van der Waals surface area contributed by atoms with Crippen LogP contribution in [0.1, 0.15) is 10.4 Å². The number of anilines is 1. The summed E-state index contributed by atoms with van der Waals surface area (Å²) >= 11 is 0. The number of hydrogen-bond acceptors (Lipinski definition) is 4. The number of amides is 1. The third-order valence-electron chi connectivity index (χ3n) is 4.15. The standard InChI is InChI=1S/C19H16N2O4S/c22-19-17-12-15(6-8-18(17)25-10-9-20-19)21-26(23,24)16-7-5-13-3-1-2-4-14(13)11-16/h1-8,11-12,21H,9-10H2,(H,20,22). The first-order valence-electron chi connectivity index (χ1n) is 8.10. The summed E-state index contributed by atoms with van der Waals surface area (Å²) in [6, 6.07) is 17.1. The molecule has 2 N–H and O–H groups in total. The lowest BCUT2D eigenvalue weighted by atomic mass is 10.1. The monoisotopic (exact) mass is 368 g/mol. The molecule has 1 heterocycles. The van der Waals surface area contributed by atoms with Crippen LogP contribution in [0.2, 0.25) is 0 Å². The van der Waals surface area contributed by atoms with E-state index in [4.69, 9.17) is 4.74 Å². The van der Waals surface area contributed by atoms with Crippen molar-refractivity contribution in [3.8, 4) is 5.75 Å². The normalized spacial score (nSPS) is 14.1. The van der Waals surface area contributed by atoms with Gasteiger partial charge in [0.1, 0.15) is 12.4 Å². The van der Waals surface area contributed by atoms with Gasteiger partial charge in [0.2, 0.25) is 0 Å². The van der Waals surface area contributed by atoms with Crippen molar-refractivity contribution in [3.63, 3.8) is 0 Å². The number of rotatable bonds is 3. The minimum atomic E-state index is -3.78. The lowest BCUT2D eigenvalue weighted by Crippen LogP contribution is -2.24. The molecular weight excluding hydrogens is 352 g/mol. The van der Waals surface area contributed by atoms with Crippen molar-refractivity contribution in [2.24, 2.45) is 0 Å². The fourth-order valence-corrected chi connectivity index (χ4v) is 3.95. The topological polar surface area (TPSA) is 84.5 Å². The zero-order chi connectivity index (χ0) is 18.1. The predicted molar refractivity (Wildman–Crippen MR) is 99.0 cm³/mol. The summed E-state index contributed by atoms with van der Waals surface area (Å²) in [6.45, 7) is 0.784. The maximum absolute atomic E-state index is 12.7. The van der Waals surface area contributed by atoms with Crippen LogP contribution in [0.5, 0.6) is 5.75 Å². The Balaban J connectivity index is 1.68. The zero-order valence-electron chi connectivity index (χ0n) is 13.7.